The maximum absolute atomic E-state index is 12.7. The van der Waals surface area contributed by atoms with Crippen molar-refractivity contribution in [3.63, 3.8) is 0 Å². The zero-order valence-electron chi connectivity index (χ0n) is 15.3. The average molecular weight is 396 g/mol. The topological polar surface area (TPSA) is 76.6 Å². The van der Waals surface area contributed by atoms with Gasteiger partial charge in [0.1, 0.15) is 5.03 Å². The van der Waals surface area contributed by atoms with Crippen molar-refractivity contribution in [2.75, 3.05) is 5.75 Å². The van der Waals surface area contributed by atoms with Crippen LogP contribution < -0.4 is 0 Å². The lowest BCUT2D eigenvalue weighted by molar-refractivity contribution is -0.0587. The lowest BCUT2D eigenvalue weighted by Gasteiger charge is -2.21. The number of aromatic nitrogens is 1. The van der Waals surface area contributed by atoms with Crippen LogP contribution in [0.25, 0.3) is 0 Å². The third-order valence-corrected chi connectivity index (χ3v) is 6.34. The van der Waals surface area contributed by atoms with Gasteiger partial charge >= 0.3 is 5.97 Å². The van der Waals surface area contributed by atoms with Crippen LogP contribution in [0.1, 0.15) is 63.2 Å². The smallest absolute Gasteiger partial charge is 0.324 e. The van der Waals surface area contributed by atoms with E-state index < -0.39 is 17.8 Å². The summed E-state index contributed by atoms with van der Waals surface area (Å²) in [7, 11) is 0. The minimum Gasteiger partial charge on any atom is -0.324 e. The number of pyridine rings is 1. The Kier molecular flexibility index (Phi) is 5.43. The molecule has 4 rings (SSSR count). The summed E-state index contributed by atoms with van der Waals surface area (Å²) in [6.45, 7) is 0. The molecule has 1 saturated carbocycles. The third kappa shape index (κ3) is 3.67. The van der Waals surface area contributed by atoms with E-state index in [9.17, 15) is 14.4 Å². The first-order chi connectivity index (χ1) is 13.6. The molecule has 2 amide bonds. The van der Waals surface area contributed by atoms with E-state index in [-0.39, 0.29) is 16.7 Å². The number of fused-ring (bicyclic) bond motifs is 1. The zero-order valence-corrected chi connectivity index (χ0v) is 16.1. The van der Waals surface area contributed by atoms with Crippen LogP contribution in [0, 0.1) is 5.92 Å². The van der Waals surface area contributed by atoms with Crippen LogP contribution in [0.3, 0.4) is 0 Å². The van der Waals surface area contributed by atoms with Crippen molar-refractivity contribution in [1.82, 2.24) is 10.0 Å². The maximum atomic E-state index is 12.7. The summed E-state index contributed by atoms with van der Waals surface area (Å²) in [6.07, 6.45) is 7.83. The molecule has 0 unspecified atom stereocenters. The second-order valence-corrected chi connectivity index (χ2v) is 8.01. The van der Waals surface area contributed by atoms with E-state index in [0.717, 1.165) is 5.75 Å². The quantitative estimate of drug-likeness (QED) is 0.559. The SMILES string of the molecule is O=C(ON1C(=O)c2ccccc2C1=O)c1cccnc1SCC1CCCCC1. The summed E-state index contributed by atoms with van der Waals surface area (Å²) in [4.78, 5) is 47.0. The minimum absolute atomic E-state index is 0.235. The van der Waals surface area contributed by atoms with Gasteiger partial charge < -0.3 is 4.84 Å². The first-order valence-electron chi connectivity index (χ1n) is 9.43. The van der Waals surface area contributed by atoms with Gasteiger partial charge in [-0.15, -0.1) is 11.8 Å². The highest BCUT2D eigenvalue weighted by atomic mass is 32.2. The zero-order chi connectivity index (χ0) is 19.5. The predicted octanol–water partition coefficient (Wildman–Crippen LogP) is 4.12. The molecular formula is C21H20N2O4S. The summed E-state index contributed by atoms with van der Waals surface area (Å²) in [5.74, 6) is -0.497. The van der Waals surface area contributed by atoms with Gasteiger partial charge in [-0.2, -0.15) is 0 Å². The van der Waals surface area contributed by atoms with Gasteiger partial charge in [0.05, 0.1) is 16.7 Å². The maximum Gasteiger partial charge on any atom is 0.366 e. The molecule has 0 bridgehead atoms. The molecule has 0 radical (unpaired) electrons. The Morgan fingerprint density at radius 3 is 2.39 bits per heavy atom. The summed E-state index contributed by atoms with van der Waals surface area (Å²) in [5, 5.41) is 1.10. The molecular weight excluding hydrogens is 376 g/mol. The van der Waals surface area contributed by atoms with Crippen LogP contribution in [-0.2, 0) is 4.84 Å². The van der Waals surface area contributed by atoms with E-state index in [1.54, 1.807) is 42.6 Å². The van der Waals surface area contributed by atoms with Gasteiger partial charge in [0.25, 0.3) is 11.8 Å². The number of rotatable bonds is 5. The van der Waals surface area contributed by atoms with E-state index in [1.165, 1.54) is 43.9 Å². The van der Waals surface area contributed by atoms with Gasteiger partial charge in [-0.05, 0) is 43.0 Å². The summed E-state index contributed by atoms with van der Waals surface area (Å²) >= 11 is 1.53. The first kappa shape index (κ1) is 18.7. The molecule has 0 saturated heterocycles. The molecule has 0 spiro atoms. The van der Waals surface area contributed by atoms with E-state index in [4.69, 9.17) is 4.84 Å². The largest absolute Gasteiger partial charge is 0.366 e. The van der Waals surface area contributed by atoms with Crippen LogP contribution in [0.15, 0.2) is 47.6 Å². The number of hydroxylamine groups is 2. The molecule has 0 atom stereocenters. The molecule has 1 aliphatic heterocycles. The first-order valence-corrected chi connectivity index (χ1v) is 10.4. The number of thioether (sulfide) groups is 1. The van der Waals surface area contributed by atoms with Gasteiger partial charge in [0.2, 0.25) is 0 Å². The van der Waals surface area contributed by atoms with E-state index >= 15 is 0 Å². The summed E-state index contributed by atoms with van der Waals surface area (Å²) in [5.41, 5.74) is 0.733. The highest BCUT2D eigenvalue weighted by Crippen LogP contribution is 2.31. The van der Waals surface area contributed by atoms with Gasteiger partial charge in [-0.25, -0.2) is 9.78 Å². The fourth-order valence-electron chi connectivity index (χ4n) is 3.59. The molecule has 2 aliphatic rings. The van der Waals surface area contributed by atoms with E-state index in [1.807, 2.05) is 0 Å². The molecule has 2 aromatic rings. The van der Waals surface area contributed by atoms with Crippen LogP contribution >= 0.6 is 11.8 Å². The molecule has 144 valence electrons. The Bertz CT molecular complexity index is 889. The van der Waals surface area contributed by atoms with Crippen LogP contribution in [0.5, 0.6) is 0 Å². The highest BCUT2D eigenvalue weighted by Gasteiger charge is 2.39. The molecule has 7 heteroatoms. The van der Waals surface area contributed by atoms with Crippen molar-refractivity contribution in [3.8, 4) is 0 Å². The van der Waals surface area contributed by atoms with Crippen LogP contribution in [0.4, 0.5) is 0 Å². The third-order valence-electron chi connectivity index (χ3n) is 5.10. The second kappa shape index (κ2) is 8.14. The molecule has 2 heterocycles. The summed E-state index contributed by atoms with van der Waals surface area (Å²) < 4.78 is 0. The van der Waals surface area contributed by atoms with Gasteiger partial charge in [0, 0.05) is 11.9 Å². The molecule has 1 aromatic carbocycles. The lowest BCUT2D eigenvalue weighted by atomic mass is 9.91. The minimum atomic E-state index is -0.756. The number of carbonyl (C=O) groups excluding carboxylic acids is 3. The van der Waals surface area contributed by atoms with Crippen molar-refractivity contribution >= 4 is 29.5 Å². The standard InChI is InChI=1S/C21H20N2O4S/c24-19-15-9-4-5-10-16(15)20(25)23(19)27-21(26)17-11-6-12-22-18(17)28-13-14-7-2-1-3-8-14/h4-6,9-12,14H,1-3,7-8,13H2. The Balaban J connectivity index is 1.47. The molecule has 1 fully saturated rings. The number of benzene rings is 1. The average Bonchev–Trinajstić information content (AvgIpc) is 2.98. The van der Waals surface area contributed by atoms with Gasteiger partial charge in [-0.1, -0.05) is 36.5 Å². The van der Waals surface area contributed by atoms with E-state index in [2.05, 4.69) is 4.98 Å². The predicted molar refractivity (Wildman–Crippen MR) is 104 cm³/mol. The number of imide groups is 1. The van der Waals surface area contributed by atoms with Crippen molar-refractivity contribution in [3.05, 3.63) is 59.3 Å². The number of nitrogens with zero attached hydrogens (tertiary/aromatic N) is 2. The Morgan fingerprint density at radius 1 is 1.04 bits per heavy atom. The van der Waals surface area contributed by atoms with E-state index in [0.29, 0.717) is 16.0 Å². The van der Waals surface area contributed by atoms with Gasteiger partial charge in [-0.3, -0.25) is 9.59 Å². The van der Waals surface area contributed by atoms with Crippen LogP contribution in [0.2, 0.25) is 0 Å². The van der Waals surface area contributed by atoms with Crippen molar-refractivity contribution in [2.24, 2.45) is 5.92 Å². The van der Waals surface area contributed by atoms with Crippen molar-refractivity contribution in [1.29, 1.82) is 0 Å². The highest BCUT2D eigenvalue weighted by molar-refractivity contribution is 7.99. The fourth-order valence-corrected chi connectivity index (χ4v) is 4.76. The Hall–Kier alpha value is -2.67. The molecule has 1 aromatic heterocycles. The summed E-state index contributed by atoms with van der Waals surface area (Å²) in [6, 6.07) is 9.66. The van der Waals surface area contributed by atoms with Crippen LogP contribution in [-0.4, -0.2) is 33.6 Å². The Morgan fingerprint density at radius 2 is 1.71 bits per heavy atom. The lowest BCUT2D eigenvalue weighted by Crippen LogP contribution is -2.32. The monoisotopic (exact) mass is 396 g/mol. The Labute approximate surface area is 167 Å². The number of hydrogen-bond acceptors (Lipinski definition) is 6. The molecule has 6 nitrogen and oxygen atoms in total. The molecule has 28 heavy (non-hydrogen) atoms. The number of hydrogen-bond donors (Lipinski definition) is 0. The second-order valence-electron chi connectivity index (χ2n) is 7.00. The fraction of sp³-hybridized carbons (Fsp3) is 0.333. The van der Waals surface area contributed by atoms with Crippen molar-refractivity contribution < 1.29 is 19.2 Å². The number of carbonyl (C=O) groups is 3. The normalized spacial score (nSPS) is 16.9. The van der Waals surface area contributed by atoms with Crippen molar-refractivity contribution in [2.45, 2.75) is 37.1 Å². The number of amides is 2. The molecule has 1 aliphatic carbocycles. The van der Waals surface area contributed by atoms with Gasteiger partial charge in [0.15, 0.2) is 0 Å². The molecule has 0 N–H and O–H groups in total.